The molecule has 0 aliphatic carbocycles. The molecule has 0 radical (unpaired) electrons. The van der Waals surface area contributed by atoms with Crippen LogP contribution in [0.15, 0.2) is 30.3 Å². The highest BCUT2D eigenvalue weighted by Gasteiger charge is 2.21. The van der Waals surface area contributed by atoms with Gasteiger partial charge in [0.1, 0.15) is 6.04 Å². The van der Waals surface area contributed by atoms with Crippen LogP contribution in [0.25, 0.3) is 0 Å². The zero-order chi connectivity index (χ0) is 17.0. The third-order valence-electron chi connectivity index (χ3n) is 4.77. The van der Waals surface area contributed by atoms with Gasteiger partial charge in [0.2, 0.25) is 0 Å². The molecule has 2 heteroatoms. The summed E-state index contributed by atoms with van der Waals surface area (Å²) in [5.74, 6) is 0. The minimum atomic E-state index is -0.221. The van der Waals surface area contributed by atoms with Gasteiger partial charge < -0.3 is 9.85 Å². The van der Waals surface area contributed by atoms with Crippen LogP contribution >= 0.6 is 0 Å². The largest absolute Gasteiger partial charge is 0.633 e. The van der Waals surface area contributed by atoms with E-state index in [9.17, 15) is 5.21 Å². The average Bonchev–Trinajstić information content (AvgIpc) is 2.52. The van der Waals surface area contributed by atoms with Crippen molar-refractivity contribution in [1.82, 2.24) is 0 Å². The number of nitrogens with zero attached hydrogens (tertiary/aromatic N) is 1. The molecule has 0 saturated carbocycles. The van der Waals surface area contributed by atoms with Crippen LogP contribution in [-0.4, -0.2) is 18.7 Å². The van der Waals surface area contributed by atoms with Crippen molar-refractivity contribution in [3.63, 3.8) is 0 Å². The first-order chi connectivity index (χ1) is 11.1. The molecule has 0 fully saturated rings. The molecule has 0 bridgehead atoms. The molecule has 1 aromatic rings. The molecule has 0 N–H and O–H groups in total. The van der Waals surface area contributed by atoms with E-state index >= 15 is 0 Å². The summed E-state index contributed by atoms with van der Waals surface area (Å²) in [6.45, 7) is 2.27. The fraction of sp³-hybridized carbons (Fsp3) is 0.714. The van der Waals surface area contributed by atoms with Crippen molar-refractivity contribution in [3.8, 4) is 0 Å². The van der Waals surface area contributed by atoms with Gasteiger partial charge in [0, 0.05) is 12.0 Å². The molecule has 1 unspecified atom stereocenters. The minimum absolute atomic E-state index is 0.0743. The molecule has 23 heavy (non-hydrogen) atoms. The Hall–Kier alpha value is -0.860. The molecule has 0 aliphatic rings. The van der Waals surface area contributed by atoms with Crippen LogP contribution in [0.2, 0.25) is 0 Å². The van der Waals surface area contributed by atoms with Gasteiger partial charge in [-0.15, -0.1) is 0 Å². The summed E-state index contributed by atoms with van der Waals surface area (Å²) in [4.78, 5) is 0. The van der Waals surface area contributed by atoms with Gasteiger partial charge in [0.15, 0.2) is 0 Å². The second-order valence-corrected chi connectivity index (χ2v) is 7.33. The standard InChI is InChI=1S/C21H37NO/c1-4-5-6-7-8-9-10-11-12-16-19-21(22(2,3)23)20-17-14-13-15-18-20/h13-15,17-18,21H,4-12,16,19H2,1-3H3. The monoisotopic (exact) mass is 319 g/mol. The lowest BCUT2D eigenvalue weighted by molar-refractivity contribution is -0.873. The zero-order valence-electron chi connectivity index (χ0n) is 15.6. The highest BCUT2D eigenvalue weighted by Crippen LogP contribution is 2.29. The van der Waals surface area contributed by atoms with Gasteiger partial charge >= 0.3 is 0 Å². The average molecular weight is 320 g/mol. The first-order valence-electron chi connectivity index (χ1n) is 9.65. The van der Waals surface area contributed by atoms with Crippen LogP contribution in [0.4, 0.5) is 0 Å². The first-order valence-corrected chi connectivity index (χ1v) is 9.65. The number of hydroxylamine groups is 3. The van der Waals surface area contributed by atoms with Gasteiger partial charge in [0.25, 0.3) is 0 Å². The van der Waals surface area contributed by atoms with Gasteiger partial charge in [-0.1, -0.05) is 95.0 Å². The van der Waals surface area contributed by atoms with E-state index in [0.29, 0.717) is 0 Å². The van der Waals surface area contributed by atoms with E-state index in [2.05, 4.69) is 19.1 Å². The van der Waals surface area contributed by atoms with Crippen LogP contribution < -0.4 is 0 Å². The second-order valence-electron chi connectivity index (χ2n) is 7.33. The van der Waals surface area contributed by atoms with E-state index in [-0.39, 0.29) is 10.7 Å². The maximum absolute atomic E-state index is 12.4. The van der Waals surface area contributed by atoms with Crippen molar-refractivity contribution >= 4 is 0 Å². The van der Waals surface area contributed by atoms with E-state index < -0.39 is 0 Å². The Morgan fingerprint density at radius 2 is 1.26 bits per heavy atom. The lowest BCUT2D eigenvalue weighted by atomic mass is 9.98. The third-order valence-corrected chi connectivity index (χ3v) is 4.77. The molecule has 0 saturated heterocycles. The number of benzene rings is 1. The number of hydrogen-bond donors (Lipinski definition) is 0. The number of hydrogen-bond acceptors (Lipinski definition) is 1. The highest BCUT2D eigenvalue weighted by atomic mass is 16.5. The van der Waals surface area contributed by atoms with Crippen LogP contribution in [0.5, 0.6) is 0 Å². The second kappa shape index (κ2) is 11.6. The lowest BCUT2D eigenvalue weighted by Gasteiger charge is -2.42. The maximum atomic E-state index is 12.4. The highest BCUT2D eigenvalue weighted by molar-refractivity contribution is 5.17. The zero-order valence-corrected chi connectivity index (χ0v) is 15.6. The van der Waals surface area contributed by atoms with Gasteiger partial charge in [-0.3, -0.25) is 0 Å². The summed E-state index contributed by atoms with van der Waals surface area (Å²) in [5, 5.41) is 12.4. The summed E-state index contributed by atoms with van der Waals surface area (Å²) in [5.41, 5.74) is 1.18. The first kappa shape index (κ1) is 20.2. The smallest absolute Gasteiger partial charge is 0.114 e. The molecule has 0 aromatic heterocycles. The SMILES string of the molecule is CCCCCCCCCCCCC(c1ccccc1)[N+](C)(C)[O-]. The maximum Gasteiger partial charge on any atom is 0.114 e. The summed E-state index contributed by atoms with van der Waals surface area (Å²) in [6, 6.07) is 10.4. The Kier molecular flexibility index (Phi) is 10.2. The van der Waals surface area contributed by atoms with Crippen molar-refractivity contribution in [3.05, 3.63) is 41.1 Å². The Labute approximate surface area is 144 Å². The third kappa shape index (κ3) is 9.12. The molecule has 1 aromatic carbocycles. The van der Waals surface area contributed by atoms with Crippen LogP contribution in [0, 0.1) is 5.21 Å². The Balaban J connectivity index is 2.17. The predicted octanol–water partition coefficient (Wildman–Crippen LogP) is 6.61. The van der Waals surface area contributed by atoms with Gasteiger partial charge in [-0.2, -0.15) is 0 Å². The molecule has 0 aliphatic heterocycles. The fourth-order valence-corrected chi connectivity index (χ4v) is 3.34. The summed E-state index contributed by atoms with van der Waals surface area (Å²) in [7, 11) is 3.54. The van der Waals surface area contributed by atoms with Crippen molar-refractivity contribution in [2.75, 3.05) is 14.1 Å². The van der Waals surface area contributed by atoms with Crippen LogP contribution in [0.1, 0.15) is 89.2 Å². The number of quaternary nitrogens is 1. The molecule has 0 amide bonds. The Morgan fingerprint density at radius 3 is 1.74 bits per heavy atom. The quantitative estimate of drug-likeness (QED) is 0.228. The molecule has 132 valence electrons. The fourth-order valence-electron chi connectivity index (χ4n) is 3.34. The van der Waals surface area contributed by atoms with Crippen molar-refractivity contribution in [2.45, 2.75) is 83.6 Å². The van der Waals surface area contributed by atoms with E-state index in [1.165, 1.54) is 69.8 Å². The van der Waals surface area contributed by atoms with Gasteiger partial charge in [0.05, 0.1) is 14.1 Å². The summed E-state index contributed by atoms with van der Waals surface area (Å²) in [6.07, 6.45) is 14.4. The van der Waals surface area contributed by atoms with E-state index in [1.807, 2.05) is 18.2 Å². The van der Waals surface area contributed by atoms with Crippen molar-refractivity contribution < 1.29 is 4.65 Å². The summed E-state index contributed by atoms with van der Waals surface area (Å²) < 4.78 is -0.221. The van der Waals surface area contributed by atoms with E-state index in [0.717, 1.165) is 6.42 Å². The van der Waals surface area contributed by atoms with E-state index in [4.69, 9.17) is 0 Å². The lowest BCUT2D eigenvalue weighted by Crippen LogP contribution is -2.36. The van der Waals surface area contributed by atoms with Crippen LogP contribution in [-0.2, 0) is 0 Å². The van der Waals surface area contributed by atoms with Gasteiger partial charge in [-0.05, 0) is 6.42 Å². The molecule has 1 rings (SSSR count). The number of rotatable bonds is 13. The normalized spacial score (nSPS) is 13.2. The topological polar surface area (TPSA) is 23.1 Å². The minimum Gasteiger partial charge on any atom is -0.633 e. The summed E-state index contributed by atoms with van der Waals surface area (Å²) >= 11 is 0. The predicted molar refractivity (Wildman–Crippen MR) is 101 cm³/mol. The molecular weight excluding hydrogens is 282 g/mol. The number of unbranched alkanes of at least 4 members (excludes halogenated alkanes) is 9. The molecule has 1 atom stereocenters. The van der Waals surface area contributed by atoms with E-state index in [1.54, 1.807) is 14.1 Å². The molecule has 2 nitrogen and oxygen atoms in total. The Morgan fingerprint density at radius 1 is 0.783 bits per heavy atom. The van der Waals surface area contributed by atoms with Crippen molar-refractivity contribution in [1.29, 1.82) is 0 Å². The molecule has 0 spiro atoms. The molecule has 0 heterocycles. The molecular formula is C21H37NO. The van der Waals surface area contributed by atoms with Gasteiger partial charge in [-0.25, -0.2) is 0 Å². The van der Waals surface area contributed by atoms with Crippen LogP contribution in [0.3, 0.4) is 0 Å². The Bertz CT molecular complexity index is 383. The van der Waals surface area contributed by atoms with Crippen molar-refractivity contribution in [2.24, 2.45) is 0 Å².